The standard InChI is InChI=1S/C17H23N3O3S/c1-17(2,3)23-16(22)9-18-15(21)10-20-13-8-6-5-7-12(13)19-14(20)11-24-4/h5-8H,9-11H2,1-4H3,(H,18,21). The number of aromatic nitrogens is 2. The zero-order valence-electron chi connectivity index (χ0n) is 14.5. The van der Waals surface area contributed by atoms with Gasteiger partial charge in [0.25, 0.3) is 0 Å². The molecule has 0 saturated heterocycles. The van der Waals surface area contributed by atoms with Crippen molar-refractivity contribution in [2.24, 2.45) is 0 Å². The second-order valence-electron chi connectivity index (χ2n) is 6.40. The summed E-state index contributed by atoms with van der Waals surface area (Å²) in [5.41, 5.74) is 1.21. The van der Waals surface area contributed by atoms with Crippen LogP contribution < -0.4 is 5.32 Å². The van der Waals surface area contributed by atoms with Crippen molar-refractivity contribution in [1.29, 1.82) is 0 Å². The van der Waals surface area contributed by atoms with Crippen molar-refractivity contribution in [3.05, 3.63) is 30.1 Å². The molecule has 7 heteroatoms. The number of nitrogens with zero attached hydrogens (tertiary/aromatic N) is 2. The number of benzene rings is 1. The molecule has 0 radical (unpaired) electrons. The number of hydrogen-bond acceptors (Lipinski definition) is 5. The minimum absolute atomic E-state index is 0.124. The summed E-state index contributed by atoms with van der Waals surface area (Å²) in [6.45, 7) is 5.36. The highest BCUT2D eigenvalue weighted by Crippen LogP contribution is 2.18. The summed E-state index contributed by atoms with van der Waals surface area (Å²) in [5, 5.41) is 2.61. The van der Waals surface area contributed by atoms with Gasteiger partial charge in [0.1, 0.15) is 24.5 Å². The average Bonchev–Trinajstić information content (AvgIpc) is 2.82. The number of imidazole rings is 1. The van der Waals surface area contributed by atoms with E-state index < -0.39 is 11.6 Å². The lowest BCUT2D eigenvalue weighted by atomic mass is 10.2. The minimum Gasteiger partial charge on any atom is -0.459 e. The van der Waals surface area contributed by atoms with Crippen molar-refractivity contribution in [2.45, 2.75) is 38.7 Å². The highest BCUT2D eigenvalue weighted by Gasteiger charge is 2.18. The molecule has 1 amide bonds. The van der Waals surface area contributed by atoms with Gasteiger partial charge < -0.3 is 14.6 Å². The number of hydrogen-bond donors (Lipinski definition) is 1. The van der Waals surface area contributed by atoms with E-state index >= 15 is 0 Å². The van der Waals surface area contributed by atoms with E-state index in [0.717, 1.165) is 16.9 Å². The molecular formula is C17H23N3O3S. The molecule has 0 saturated carbocycles. The fourth-order valence-electron chi connectivity index (χ4n) is 2.29. The summed E-state index contributed by atoms with van der Waals surface area (Å²) in [4.78, 5) is 28.5. The first-order valence-electron chi connectivity index (χ1n) is 7.72. The summed E-state index contributed by atoms with van der Waals surface area (Å²) in [5.74, 6) is 0.867. The molecule has 1 aromatic carbocycles. The molecule has 1 heterocycles. The van der Waals surface area contributed by atoms with Gasteiger partial charge in [-0.15, -0.1) is 0 Å². The van der Waals surface area contributed by atoms with Crippen LogP contribution in [0.4, 0.5) is 0 Å². The number of carbonyl (C=O) groups is 2. The third-order valence-corrected chi connectivity index (χ3v) is 3.71. The van der Waals surface area contributed by atoms with Crippen LogP contribution in [-0.4, -0.2) is 39.8 Å². The van der Waals surface area contributed by atoms with Gasteiger partial charge in [-0.3, -0.25) is 9.59 Å². The third-order valence-electron chi connectivity index (χ3n) is 3.16. The fourth-order valence-corrected chi connectivity index (χ4v) is 2.77. The Morgan fingerprint density at radius 1 is 1.29 bits per heavy atom. The van der Waals surface area contributed by atoms with Crippen LogP contribution in [0.5, 0.6) is 0 Å². The van der Waals surface area contributed by atoms with Crippen molar-refractivity contribution in [3.8, 4) is 0 Å². The quantitative estimate of drug-likeness (QED) is 0.811. The van der Waals surface area contributed by atoms with E-state index in [-0.39, 0.29) is 19.0 Å². The molecule has 0 atom stereocenters. The molecule has 0 unspecified atom stereocenters. The van der Waals surface area contributed by atoms with Gasteiger partial charge in [-0.25, -0.2) is 4.98 Å². The molecule has 0 aliphatic rings. The van der Waals surface area contributed by atoms with Gasteiger partial charge in [0.05, 0.1) is 16.8 Å². The maximum Gasteiger partial charge on any atom is 0.325 e. The molecule has 0 aliphatic carbocycles. The molecule has 0 spiro atoms. The van der Waals surface area contributed by atoms with Crippen LogP contribution in [0.3, 0.4) is 0 Å². The lowest BCUT2D eigenvalue weighted by Crippen LogP contribution is -2.36. The Kier molecular flexibility index (Phi) is 5.88. The van der Waals surface area contributed by atoms with E-state index in [1.807, 2.05) is 35.1 Å². The van der Waals surface area contributed by atoms with E-state index in [2.05, 4.69) is 10.3 Å². The Labute approximate surface area is 146 Å². The maximum atomic E-state index is 12.2. The number of carbonyl (C=O) groups excluding carboxylic acids is 2. The summed E-state index contributed by atoms with van der Waals surface area (Å²) < 4.78 is 7.06. The van der Waals surface area contributed by atoms with Crippen molar-refractivity contribution in [2.75, 3.05) is 12.8 Å². The molecule has 0 fully saturated rings. The minimum atomic E-state index is -0.562. The van der Waals surface area contributed by atoms with E-state index in [4.69, 9.17) is 4.74 Å². The second-order valence-corrected chi connectivity index (χ2v) is 7.27. The van der Waals surface area contributed by atoms with Gasteiger partial charge in [0, 0.05) is 0 Å². The number of amides is 1. The lowest BCUT2D eigenvalue weighted by Gasteiger charge is -2.19. The van der Waals surface area contributed by atoms with E-state index in [1.165, 1.54) is 0 Å². The van der Waals surface area contributed by atoms with Crippen molar-refractivity contribution >= 4 is 34.7 Å². The first-order valence-corrected chi connectivity index (χ1v) is 9.11. The Morgan fingerprint density at radius 3 is 2.67 bits per heavy atom. The molecule has 2 aromatic rings. The zero-order chi connectivity index (χ0) is 17.7. The number of ether oxygens (including phenoxy) is 1. The predicted molar refractivity (Wildman–Crippen MR) is 95.8 cm³/mol. The van der Waals surface area contributed by atoms with Crippen LogP contribution in [0, 0.1) is 0 Å². The van der Waals surface area contributed by atoms with E-state index in [9.17, 15) is 9.59 Å². The molecule has 2 rings (SSSR count). The third kappa shape index (κ3) is 4.99. The number of nitrogens with one attached hydrogen (secondary N) is 1. The molecule has 1 aromatic heterocycles. The monoisotopic (exact) mass is 349 g/mol. The van der Waals surface area contributed by atoms with Gasteiger partial charge >= 0.3 is 5.97 Å². The van der Waals surface area contributed by atoms with E-state index in [1.54, 1.807) is 32.5 Å². The van der Waals surface area contributed by atoms with Crippen LogP contribution in [0.25, 0.3) is 11.0 Å². The van der Waals surface area contributed by atoms with Crippen LogP contribution in [0.2, 0.25) is 0 Å². The van der Waals surface area contributed by atoms with Crippen LogP contribution in [0.1, 0.15) is 26.6 Å². The van der Waals surface area contributed by atoms with E-state index in [0.29, 0.717) is 5.75 Å². The molecule has 24 heavy (non-hydrogen) atoms. The normalized spacial score (nSPS) is 11.5. The Morgan fingerprint density at radius 2 is 2.00 bits per heavy atom. The number of thioether (sulfide) groups is 1. The fraction of sp³-hybridized carbons (Fsp3) is 0.471. The van der Waals surface area contributed by atoms with Crippen LogP contribution in [0.15, 0.2) is 24.3 Å². The van der Waals surface area contributed by atoms with Gasteiger partial charge in [-0.1, -0.05) is 12.1 Å². The van der Waals surface area contributed by atoms with Gasteiger partial charge in [0.15, 0.2) is 0 Å². The molecular weight excluding hydrogens is 326 g/mol. The summed E-state index contributed by atoms with van der Waals surface area (Å²) >= 11 is 1.65. The zero-order valence-corrected chi connectivity index (χ0v) is 15.3. The lowest BCUT2D eigenvalue weighted by molar-refractivity contribution is -0.154. The van der Waals surface area contributed by atoms with Gasteiger partial charge in [-0.2, -0.15) is 11.8 Å². The number of rotatable bonds is 6. The van der Waals surface area contributed by atoms with Crippen molar-refractivity contribution in [3.63, 3.8) is 0 Å². The molecule has 130 valence electrons. The second kappa shape index (κ2) is 7.70. The summed E-state index contributed by atoms with van der Waals surface area (Å²) in [6, 6.07) is 7.70. The molecule has 1 N–H and O–H groups in total. The highest BCUT2D eigenvalue weighted by atomic mass is 32.2. The van der Waals surface area contributed by atoms with Crippen molar-refractivity contribution < 1.29 is 14.3 Å². The van der Waals surface area contributed by atoms with Crippen LogP contribution in [-0.2, 0) is 26.6 Å². The number of para-hydroxylation sites is 2. The SMILES string of the molecule is CSCc1nc2ccccc2n1CC(=O)NCC(=O)OC(C)(C)C. The number of esters is 1. The largest absolute Gasteiger partial charge is 0.459 e. The molecule has 6 nitrogen and oxygen atoms in total. The average molecular weight is 349 g/mol. The smallest absolute Gasteiger partial charge is 0.325 e. The Balaban J connectivity index is 2.04. The topological polar surface area (TPSA) is 73.2 Å². The Hall–Kier alpha value is -2.02. The number of fused-ring (bicyclic) bond motifs is 1. The predicted octanol–water partition coefficient (Wildman–Crippen LogP) is 2.36. The summed E-state index contributed by atoms with van der Waals surface area (Å²) in [7, 11) is 0. The van der Waals surface area contributed by atoms with Gasteiger partial charge in [-0.05, 0) is 39.2 Å². The summed E-state index contributed by atoms with van der Waals surface area (Å²) in [6.07, 6.45) is 1.99. The Bertz CT molecular complexity index is 734. The maximum absolute atomic E-state index is 12.2. The highest BCUT2D eigenvalue weighted by molar-refractivity contribution is 7.97. The first-order chi connectivity index (χ1) is 11.3. The van der Waals surface area contributed by atoms with Gasteiger partial charge in [0.2, 0.25) is 5.91 Å². The van der Waals surface area contributed by atoms with Crippen molar-refractivity contribution in [1.82, 2.24) is 14.9 Å². The van der Waals surface area contributed by atoms with Crippen LogP contribution >= 0.6 is 11.8 Å². The molecule has 0 bridgehead atoms. The molecule has 0 aliphatic heterocycles. The first kappa shape index (κ1) is 18.3.